The molecule has 1 amide bonds. The molecule has 0 aliphatic heterocycles. The summed E-state index contributed by atoms with van der Waals surface area (Å²) in [6, 6.07) is 3.25. The number of rotatable bonds is 7. The van der Waals surface area contributed by atoms with E-state index in [4.69, 9.17) is 9.84 Å². The Kier molecular flexibility index (Phi) is 5.97. The molecule has 0 heterocycles. The van der Waals surface area contributed by atoms with E-state index in [9.17, 15) is 23.7 Å². The Bertz CT molecular complexity index is 524. The number of methoxy groups -OCH3 is 1. The molecule has 0 radical (unpaired) electrons. The molecule has 0 fully saturated rings. The zero-order valence-electron chi connectivity index (χ0n) is 11.2. The van der Waals surface area contributed by atoms with Crippen LogP contribution in [0.25, 0.3) is 0 Å². The molecule has 9 heteroatoms. The van der Waals surface area contributed by atoms with Crippen molar-refractivity contribution in [2.24, 2.45) is 0 Å². The Morgan fingerprint density at radius 1 is 1.52 bits per heavy atom. The third kappa shape index (κ3) is 4.35. The average Bonchev–Trinajstić information content (AvgIpc) is 2.44. The Morgan fingerprint density at radius 2 is 2.19 bits per heavy atom. The molecule has 0 aromatic heterocycles. The van der Waals surface area contributed by atoms with Crippen molar-refractivity contribution in [1.29, 1.82) is 0 Å². The summed E-state index contributed by atoms with van der Waals surface area (Å²) in [6.07, 6.45) is -2.76. The van der Waals surface area contributed by atoms with Crippen LogP contribution in [0.4, 0.5) is 14.5 Å². The smallest absolute Gasteiger partial charge is 0.273 e. The van der Waals surface area contributed by atoms with Gasteiger partial charge in [-0.25, -0.2) is 8.78 Å². The highest BCUT2D eigenvalue weighted by atomic mass is 19.3. The van der Waals surface area contributed by atoms with Gasteiger partial charge in [0.1, 0.15) is 5.75 Å². The molecule has 1 rings (SSSR count). The molecule has 0 aliphatic rings. The van der Waals surface area contributed by atoms with Crippen LogP contribution >= 0.6 is 0 Å². The number of nitro groups is 1. The van der Waals surface area contributed by atoms with Crippen molar-refractivity contribution in [3.05, 3.63) is 33.9 Å². The number of carbonyl (C=O) groups is 1. The van der Waals surface area contributed by atoms with E-state index in [-0.39, 0.29) is 23.5 Å². The summed E-state index contributed by atoms with van der Waals surface area (Å²) < 4.78 is 29.8. The van der Waals surface area contributed by atoms with Gasteiger partial charge >= 0.3 is 0 Å². The molecule has 0 atom stereocenters. The Hall–Kier alpha value is -2.29. The first-order valence-electron chi connectivity index (χ1n) is 5.91. The molecule has 0 unspecified atom stereocenters. The van der Waals surface area contributed by atoms with Gasteiger partial charge in [0.15, 0.2) is 0 Å². The van der Waals surface area contributed by atoms with Crippen LogP contribution in [-0.2, 0) is 0 Å². The first-order chi connectivity index (χ1) is 9.90. The Balaban J connectivity index is 3.11. The molecular weight excluding hydrogens is 290 g/mol. The van der Waals surface area contributed by atoms with Gasteiger partial charge < -0.3 is 14.7 Å². The fourth-order valence-electron chi connectivity index (χ4n) is 1.70. The second kappa shape index (κ2) is 7.48. The number of nitro benzene ring substituents is 1. The van der Waals surface area contributed by atoms with Gasteiger partial charge in [0, 0.05) is 12.6 Å². The van der Waals surface area contributed by atoms with Crippen molar-refractivity contribution in [3.8, 4) is 5.75 Å². The number of hydrogen-bond donors (Lipinski definition) is 1. The van der Waals surface area contributed by atoms with Gasteiger partial charge in [0.2, 0.25) is 0 Å². The van der Waals surface area contributed by atoms with Crippen LogP contribution < -0.4 is 4.74 Å². The number of nitrogens with zero attached hydrogens (tertiary/aromatic N) is 2. The standard InChI is InChI=1S/C12H14F2N2O5/c1-21-10-6-8(16(19)20)2-3-9(10)12(18)15(4-5-17)7-11(13)14/h2-3,6,11,17H,4-5,7H2,1H3. The minimum Gasteiger partial charge on any atom is -0.496 e. The molecule has 1 aromatic rings. The van der Waals surface area contributed by atoms with Crippen LogP contribution in [0.15, 0.2) is 18.2 Å². The normalized spacial score (nSPS) is 10.5. The lowest BCUT2D eigenvalue weighted by atomic mass is 10.1. The number of benzene rings is 1. The van der Waals surface area contributed by atoms with E-state index in [1.54, 1.807) is 0 Å². The first-order valence-corrected chi connectivity index (χ1v) is 5.91. The lowest BCUT2D eigenvalue weighted by Crippen LogP contribution is -2.37. The Morgan fingerprint density at radius 3 is 2.67 bits per heavy atom. The fraction of sp³-hybridized carbons (Fsp3) is 0.417. The molecule has 0 saturated carbocycles. The number of halogens is 2. The summed E-state index contributed by atoms with van der Waals surface area (Å²) >= 11 is 0. The van der Waals surface area contributed by atoms with E-state index in [0.717, 1.165) is 23.1 Å². The van der Waals surface area contributed by atoms with Crippen molar-refractivity contribution in [3.63, 3.8) is 0 Å². The van der Waals surface area contributed by atoms with Gasteiger partial charge in [0.05, 0.1) is 36.8 Å². The van der Waals surface area contributed by atoms with Crippen molar-refractivity contribution in [2.45, 2.75) is 6.43 Å². The summed E-state index contributed by atoms with van der Waals surface area (Å²) in [5.41, 5.74) is -0.372. The van der Waals surface area contributed by atoms with Gasteiger partial charge in [0.25, 0.3) is 18.0 Å². The summed E-state index contributed by atoms with van der Waals surface area (Å²) in [5, 5.41) is 19.5. The molecule has 1 N–H and O–H groups in total. The second-order valence-electron chi connectivity index (χ2n) is 4.01. The van der Waals surface area contributed by atoms with Gasteiger partial charge in [-0.05, 0) is 6.07 Å². The molecule has 1 aromatic carbocycles. The molecular formula is C12H14F2N2O5. The van der Waals surface area contributed by atoms with Gasteiger partial charge in [-0.3, -0.25) is 14.9 Å². The fourth-order valence-corrected chi connectivity index (χ4v) is 1.70. The minimum absolute atomic E-state index is 0.0859. The van der Waals surface area contributed by atoms with Crippen LogP contribution in [0, 0.1) is 10.1 Å². The average molecular weight is 304 g/mol. The molecule has 0 aliphatic carbocycles. The van der Waals surface area contributed by atoms with Crippen molar-refractivity contribution in [2.75, 3.05) is 26.8 Å². The highest BCUT2D eigenvalue weighted by Crippen LogP contribution is 2.26. The van der Waals surface area contributed by atoms with Crippen LogP contribution in [0.1, 0.15) is 10.4 Å². The van der Waals surface area contributed by atoms with E-state index in [2.05, 4.69) is 0 Å². The van der Waals surface area contributed by atoms with Crippen LogP contribution in [0.5, 0.6) is 5.75 Å². The number of carbonyl (C=O) groups excluding carboxylic acids is 1. The topological polar surface area (TPSA) is 92.9 Å². The predicted molar refractivity (Wildman–Crippen MR) is 68.6 cm³/mol. The maximum Gasteiger partial charge on any atom is 0.273 e. The van der Waals surface area contributed by atoms with Gasteiger partial charge in [-0.15, -0.1) is 0 Å². The molecule has 0 saturated heterocycles. The molecule has 7 nitrogen and oxygen atoms in total. The van der Waals surface area contributed by atoms with Crippen LogP contribution in [0.3, 0.4) is 0 Å². The largest absolute Gasteiger partial charge is 0.496 e. The minimum atomic E-state index is -2.76. The quantitative estimate of drug-likeness (QED) is 0.605. The zero-order valence-corrected chi connectivity index (χ0v) is 11.2. The predicted octanol–water partition coefficient (Wildman–Crippen LogP) is 1.30. The van der Waals surface area contributed by atoms with Crippen LogP contribution in [-0.4, -0.2) is 54.1 Å². The van der Waals surface area contributed by atoms with E-state index in [1.165, 1.54) is 7.11 Å². The van der Waals surface area contributed by atoms with Gasteiger partial charge in [-0.1, -0.05) is 0 Å². The summed E-state index contributed by atoms with van der Waals surface area (Å²) in [6.45, 7) is -1.60. The number of ether oxygens (including phenoxy) is 1. The lowest BCUT2D eigenvalue weighted by Gasteiger charge is -2.22. The number of alkyl halides is 2. The highest BCUT2D eigenvalue weighted by Gasteiger charge is 2.23. The number of aliphatic hydroxyl groups excluding tert-OH is 1. The maximum absolute atomic E-state index is 12.4. The second-order valence-corrected chi connectivity index (χ2v) is 4.01. The first kappa shape index (κ1) is 16.8. The van der Waals surface area contributed by atoms with E-state index in [1.807, 2.05) is 0 Å². The van der Waals surface area contributed by atoms with Crippen molar-refractivity contribution >= 4 is 11.6 Å². The van der Waals surface area contributed by atoms with Gasteiger partial charge in [-0.2, -0.15) is 0 Å². The SMILES string of the molecule is COc1cc([N+](=O)[O-])ccc1C(=O)N(CCO)CC(F)F. The highest BCUT2D eigenvalue weighted by molar-refractivity contribution is 5.97. The number of aliphatic hydroxyl groups is 1. The molecule has 0 spiro atoms. The third-order valence-electron chi connectivity index (χ3n) is 2.64. The lowest BCUT2D eigenvalue weighted by molar-refractivity contribution is -0.384. The van der Waals surface area contributed by atoms with E-state index in [0.29, 0.717) is 0 Å². The monoisotopic (exact) mass is 304 g/mol. The molecule has 116 valence electrons. The van der Waals surface area contributed by atoms with E-state index >= 15 is 0 Å². The zero-order chi connectivity index (χ0) is 16.0. The van der Waals surface area contributed by atoms with Crippen molar-refractivity contribution in [1.82, 2.24) is 4.90 Å². The van der Waals surface area contributed by atoms with Crippen molar-refractivity contribution < 1.29 is 28.3 Å². The number of hydrogen-bond acceptors (Lipinski definition) is 5. The summed E-state index contributed by atoms with van der Waals surface area (Å²) in [4.78, 5) is 22.9. The molecule has 21 heavy (non-hydrogen) atoms. The van der Waals surface area contributed by atoms with E-state index < -0.39 is 30.4 Å². The number of non-ortho nitro benzene ring substituents is 1. The summed E-state index contributed by atoms with van der Waals surface area (Å²) in [7, 11) is 1.21. The Labute approximate surface area is 118 Å². The summed E-state index contributed by atoms with van der Waals surface area (Å²) in [5.74, 6) is -0.887. The molecule has 0 bridgehead atoms. The van der Waals surface area contributed by atoms with Crippen LogP contribution in [0.2, 0.25) is 0 Å². The third-order valence-corrected chi connectivity index (χ3v) is 2.64. The number of amides is 1. The maximum atomic E-state index is 12.4.